The maximum atomic E-state index is 14.9. The van der Waals surface area contributed by atoms with Gasteiger partial charge < -0.3 is 11.1 Å². The van der Waals surface area contributed by atoms with Crippen LogP contribution in [0.3, 0.4) is 0 Å². The molecule has 2 aromatic rings. The highest BCUT2D eigenvalue weighted by Gasteiger charge is 2.46. The summed E-state index contributed by atoms with van der Waals surface area (Å²) >= 11 is 1.51. The Morgan fingerprint density at radius 2 is 2.03 bits per heavy atom. The topological polar surface area (TPSA) is 67.5 Å². The molecule has 29 heavy (non-hydrogen) atoms. The van der Waals surface area contributed by atoms with Gasteiger partial charge in [0.15, 0.2) is 5.17 Å². The first-order chi connectivity index (χ1) is 13.9. The quantitative estimate of drug-likeness (QED) is 0.744. The van der Waals surface area contributed by atoms with Gasteiger partial charge in [0.1, 0.15) is 11.6 Å². The summed E-state index contributed by atoms with van der Waals surface area (Å²) in [6.45, 7) is 1.76. The summed E-state index contributed by atoms with van der Waals surface area (Å²) in [5.74, 6) is -0.513. The van der Waals surface area contributed by atoms with Crippen LogP contribution in [-0.4, -0.2) is 16.8 Å². The third kappa shape index (κ3) is 3.75. The Bertz CT molecular complexity index is 994. The van der Waals surface area contributed by atoms with Crippen molar-refractivity contribution in [2.75, 3.05) is 11.1 Å². The average molecular weight is 416 g/mol. The van der Waals surface area contributed by atoms with E-state index in [1.54, 1.807) is 19.1 Å². The van der Waals surface area contributed by atoms with Gasteiger partial charge in [-0.25, -0.2) is 8.78 Å². The number of nitrogens with one attached hydrogen (secondary N) is 1. The first-order valence-electron chi connectivity index (χ1n) is 9.75. The fraction of sp³-hybridized carbons (Fsp3) is 0.364. The number of hydrogen-bond donors (Lipinski definition) is 2. The minimum atomic E-state index is -0.701. The molecule has 1 saturated carbocycles. The van der Waals surface area contributed by atoms with Gasteiger partial charge in [0, 0.05) is 17.0 Å². The van der Waals surface area contributed by atoms with E-state index in [4.69, 9.17) is 10.7 Å². The van der Waals surface area contributed by atoms with E-state index in [2.05, 4.69) is 5.32 Å². The maximum absolute atomic E-state index is 14.9. The predicted molar refractivity (Wildman–Crippen MR) is 113 cm³/mol. The SMILES string of the molecule is Cc1ccc(C(=O)Nc2ccc(F)c(C34CCCCC3CSC(N)=N4)c2)c(F)c1. The van der Waals surface area contributed by atoms with Crippen LogP contribution in [0.1, 0.15) is 47.2 Å². The Morgan fingerprint density at radius 3 is 2.83 bits per heavy atom. The van der Waals surface area contributed by atoms with Crippen LogP contribution in [0.25, 0.3) is 0 Å². The van der Waals surface area contributed by atoms with Crippen molar-refractivity contribution in [3.8, 4) is 0 Å². The molecule has 2 aromatic carbocycles. The van der Waals surface area contributed by atoms with E-state index in [1.165, 1.54) is 36.0 Å². The summed E-state index contributed by atoms with van der Waals surface area (Å²) < 4.78 is 29.1. The van der Waals surface area contributed by atoms with Crippen molar-refractivity contribution in [2.45, 2.75) is 38.1 Å². The van der Waals surface area contributed by atoms with Crippen LogP contribution in [0.5, 0.6) is 0 Å². The molecule has 4 nitrogen and oxygen atoms in total. The van der Waals surface area contributed by atoms with E-state index in [0.717, 1.165) is 37.0 Å². The van der Waals surface area contributed by atoms with Gasteiger partial charge in [-0.3, -0.25) is 9.79 Å². The molecular formula is C22H23F2N3OS. The van der Waals surface area contributed by atoms with Crippen LogP contribution in [0, 0.1) is 24.5 Å². The van der Waals surface area contributed by atoms with Gasteiger partial charge in [-0.2, -0.15) is 0 Å². The van der Waals surface area contributed by atoms with Crippen LogP contribution in [0.4, 0.5) is 14.5 Å². The largest absolute Gasteiger partial charge is 0.379 e. The van der Waals surface area contributed by atoms with Crippen molar-refractivity contribution in [1.29, 1.82) is 0 Å². The lowest BCUT2D eigenvalue weighted by Crippen LogP contribution is -2.43. The molecule has 0 radical (unpaired) electrons. The predicted octanol–water partition coefficient (Wildman–Crippen LogP) is 4.97. The van der Waals surface area contributed by atoms with Crippen LogP contribution < -0.4 is 11.1 Å². The molecule has 1 aliphatic carbocycles. The van der Waals surface area contributed by atoms with E-state index in [1.807, 2.05) is 0 Å². The van der Waals surface area contributed by atoms with Gasteiger partial charge in [0.2, 0.25) is 0 Å². The molecule has 0 saturated heterocycles. The summed E-state index contributed by atoms with van der Waals surface area (Å²) in [7, 11) is 0. The van der Waals surface area contributed by atoms with Gasteiger partial charge in [-0.05, 0) is 61.6 Å². The number of anilines is 1. The molecule has 2 atom stereocenters. The number of nitrogens with zero attached hydrogens (tertiary/aromatic N) is 1. The summed E-state index contributed by atoms with van der Waals surface area (Å²) in [5, 5.41) is 3.17. The molecule has 1 amide bonds. The first-order valence-corrected chi connectivity index (χ1v) is 10.7. The van der Waals surface area contributed by atoms with E-state index >= 15 is 0 Å². The van der Waals surface area contributed by atoms with Crippen molar-refractivity contribution in [3.63, 3.8) is 0 Å². The lowest BCUT2D eigenvalue weighted by atomic mass is 9.69. The highest BCUT2D eigenvalue weighted by Crippen LogP contribution is 2.50. The van der Waals surface area contributed by atoms with Crippen molar-refractivity contribution in [1.82, 2.24) is 0 Å². The Hall–Kier alpha value is -2.41. The van der Waals surface area contributed by atoms with Crippen LogP contribution in [0.2, 0.25) is 0 Å². The highest BCUT2D eigenvalue weighted by atomic mass is 32.2. The zero-order valence-electron chi connectivity index (χ0n) is 16.2. The fourth-order valence-corrected chi connectivity index (χ4v) is 5.41. The molecular weight excluding hydrogens is 392 g/mol. The van der Waals surface area contributed by atoms with Gasteiger partial charge in [-0.1, -0.05) is 30.7 Å². The van der Waals surface area contributed by atoms with Crippen molar-refractivity contribution in [3.05, 3.63) is 64.7 Å². The summed E-state index contributed by atoms with van der Waals surface area (Å²) in [4.78, 5) is 17.3. The number of hydrogen-bond acceptors (Lipinski definition) is 4. The third-order valence-corrected chi connectivity index (χ3v) is 6.79. The van der Waals surface area contributed by atoms with Crippen LogP contribution in [-0.2, 0) is 5.54 Å². The second-order valence-corrected chi connectivity index (χ2v) is 8.80. The number of nitrogens with two attached hydrogens (primary N) is 1. The molecule has 0 spiro atoms. The molecule has 1 heterocycles. The summed E-state index contributed by atoms with van der Waals surface area (Å²) in [6.07, 6.45) is 3.73. The summed E-state index contributed by atoms with van der Waals surface area (Å²) in [5.41, 5.74) is 6.86. The minimum Gasteiger partial charge on any atom is -0.379 e. The average Bonchev–Trinajstić information content (AvgIpc) is 2.69. The van der Waals surface area contributed by atoms with Gasteiger partial charge >= 0.3 is 0 Å². The minimum absolute atomic E-state index is 0.0495. The number of halogens is 2. The molecule has 2 unspecified atom stereocenters. The number of rotatable bonds is 3. The number of benzene rings is 2. The number of amidine groups is 1. The third-order valence-electron chi connectivity index (χ3n) is 5.84. The van der Waals surface area contributed by atoms with Gasteiger partial charge in [0.25, 0.3) is 5.91 Å². The first kappa shape index (κ1) is 19.9. The number of amides is 1. The molecule has 2 aliphatic rings. The smallest absolute Gasteiger partial charge is 0.258 e. The highest BCUT2D eigenvalue weighted by molar-refractivity contribution is 8.13. The Kier molecular flexibility index (Phi) is 5.34. The molecule has 1 fully saturated rings. The molecule has 0 bridgehead atoms. The van der Waals surface area contributed by atoms with E-state index in [9.17, 15) is 13.6 Å². The Labute approximate surface area is 173 Å². The molecule has 7 heteroatoms. The Morgan fingerprint density at radius 1 is 1.21 bits per heavy atom. The number of carbonyl (C=O) groups is 1. The maximum Gasteiger partial charge on any atom is 0.258 e. The molecule has 152 valence electrons. The van der Waals surface area contributed by atoms with Crippen LogP contribution in [0.15, 0.2) is 41.4 Å². The molecule has 4 rings (SSSR count). The number of aryl methyl sites for hydroxylation is 1. The lowest BCUT2D eigenvalue weighted by molar-refractivity contribution is 0.102. The van der Waals surface area contributed by atoms with Gasteiger partial charge in [0.05, 0.1) is 11.1 Å². The van der Waals surface area contributed by atoms with Crippen molar-refractivity contribution >= 4 is 28.5 Å². The number of aliphatic imine (C=N–C) groups is 1. The number of carbonyl (C=O) groups excluding carboxylic acids is 1. The van der Waals surface area contributed by atoms with Gasteiger partial charge in [-0.15, -0.1) is 0 Å². The van der Waals surface area contributed by atoms with E-state index in [-0.39, 0.29) is 17.3 Å². The molecule has 1 aliphatic heterocycles. The number of fused-ring (bicyclic) bond motifs is 1. The standard InChI is InChI=1S/C22H23F2N3OS/c1-13-5-7-16(19(24)10-13)20(28)26-15-6-8-18(23)17(11-15)22-9-3-2-4-14(22)12-29-21(25)27-22/h5-8,10-11,14H,2-4,9,12H2,1H3,(H2,25,27)(H,26,28). The monoisotopic (exact) mass is 415 g/mol. The second kappa shape index (κ2) is 7.78. The Balaban J connectivity index is 1.69. The zero-order valence-corrected chi connectivity index (χ0v) is 17.0. The normalized spacial score (nSPS) is 23.8. The van der Waals surface area contributed by atoms with Crippen molar-refractivity contribution < 1.29 is 13.6 Å². The number of thioether (sulfide) groups is 1. The lowest BCUT2D eigenvalue weighted by Gasteiger charge is -2.44. The molecule has 0 aromatic heterocycles. The van der Waals surface area contributed by atoms with E-state index in [0.29, 0.717) is 16.4 Å². The fourth-order valence-electron chi connectivity index (χ4n) is 4.36. The summed E-state index contributed by atoms with van der Waals surface area (Å²) in [6, 6.07) is 8.89. The molecule has 3 N–H and O–H groups in total. The van der Waals surface area contributed by atoms with Crippen molar-refractivity contribution in [2.24, 2.45) is 16.6 Å². The second-order valence-electron chi connectivity index (χ2n) is 7.76. The zero-order chi connectivity index (χ0) is 20.6. The van der Waals surface area contributed by atoms with Crippen LogP contribution >= 0.6 is 11.8 Å². The van der Waals surface area contributed by atoms with E-state index < -0.39 is 17.3 Å².